The molecule has 0 saturated heterocycles. The van der Waals surface area contributed by atoms with Crippen LogP contribution < -0.4 is 10.1 Å². The van der Waals surface area contributed by atoms with Gasteiger partial charge in [0.15, 0.2) is 0 Å². The number of carbonyl (C=O) groups excluding carboxylic acids is 1. The van der Waals surface area contributed by atoms with Crippen LogP contribution in [0.25, 0.3) is 11.4 Å². The highest BCUT2D eigenvalue weighted by atomic mass is 19.4. The Labute approximate surface area is 206 Å². The Kier molecular flexibility index (Phi) is 8.75. The summed E-state index contributed by atoms with van der Waals surface area (Å²) in [5.41, 5.74) is 2.02. The number of aromatic nitrogens is 4. The van der Waals surface area contributed by atoms with Crippen molar-refractivity contribution >= 4 is 12.1 Å². The third-order valence-electron chi connectivity index (χ3n) is 5.97. The van der Waals surface area contributed by atoms with Crippen molar-refractivity contribution in [1.82, 2.24) is 25.3 Å². The van der Waals surface area contributed by atoms with Crippen LogP contribution in [0.4, 0.5) is 18.0 Å². The number of hydrogen-bond donors (Lipinski definition) is 2. The van der Waals surface area contributed by atoms with Gasteiger partial charge in [-0.1, -0.05) is 12.1 Å². The van der Waals surface area contributed by atoms with Crippen LogP contribution in [0.1, 0.15) is 50.4 Å². The number of rotatable bonds is 9. The maximum atomic E-state index is 12.4. The monoisotopic (exact) mass is 513 g/mol. The fourth-order valence-corrected chi connectivity index (χ4v) is 4.11. The third kappa shape index (κ3) is 7.56. The van der Waals surface area contributed by atoms with Crippen LogP contribution in [0.5, 0.6) is 5.75 Å². The molecule has 2 N–H and O–H groups in total. The molecular weight excluding hydrogens is 483 g/mol. The smallest absolute Gasteiger partial charge is 0.407 e. The predicted molar refractivity (Wildman–Crippen MR) is 121 cm³/mol. The van der Waals surface area contributed by atoms with Gasteiger partial charge in [-0.3, -0.25) is 4.79 Å². The van der Waals surface area contributed by atoms with Gasteiger partial charge in [-0.05, 0) is 50.7 Å². The molecule has 1 fully saturated rings. The molecule has 10 nitrogen and oxygen atoms in total. The van der Waals surface area contributed by atoms with E-state index in [0.717, 1.165) is 12.8 Å². The lowest BCUT2D eigenvalue weighted by molar-refractivity contribution is -0.146. The number of nitrogens with one attached hydrogen (secondary N) is 1. The van der Waals surface area contributed by atoms with E-state index in [1.54, 1.807) is 26.1 Å². The number of carboxylic acids is 1. The van der Waals surface area contributed by atoms with E-state index in [-0.39, 0.29) is 19.3 Å². The fourth-order valence-electron chi connectivity index (χ4n) is 4.11. The second-order valence-electron chi connectivity index (χ2n) is 9.11. The van der Waals surface area contributed by atoms with Gasteiger partial charge < -0.3 is 19.9 Å². The van der Waals surface area contributed by atoms with E-state index in [2.05, 4.69) is 20.6 Å². The molecule has 1 amide bonds. The summed E-state index contributed by atoms with van der Waals surface area (Å²) < 4.78 is 49.7. The summed E-state index contributed by atoms with van der Waals surface area (Å²) in [6.45, 7) is 2.73. The second kappa shape index (κ2) is 11.6. The molecule has 0 bridgehead atoms. The number of halogens is 3. The van der Waals surface area contributed by atoms with Gasteiger partial charge in [-0.15, -0.1) is 5.10 Å². The number of aryl methyl sites for hydroxylation is 2. The highest BCUT2D eigenvalue weighted by Gasteiger charge is 2.31. The van der Waals surface area contributed by atoms with Crippen LogP contribution in [0.2, 0.25) is 0 Å². The number of alkyl carbamates (subject to hydrolysis) is 1. The summed E-state index contributed by atoms with van der Waals surface area (Å²) in [7, 11) is 1.64. The number of nitrogens with zero attached hydrogens (tertiary/aromatic N) is 4. The predicted octanol–water partition coefficient (Wildman–Crippen LogP) is 4.02. The number of ether oxygens (including phenoxy) is 2. The molecule has 2 heterocycles. The van der Waals surface area contributed by atoms with E-state index in [9.17, 15) is 27.9 Å². The summed E-state index contributed by atoms with van der Waals surface area (Å²) in [6.07, 6.45) is -3.76. The summed E-state index contributed by atoms with van der Waals surface area (Å²) in [5, 5.41) is 19.9. The number of alkyl halides is 3. The minimum absolute atomic E-state index is 0.0249. The van der Waals surface area contributed by atoms with Gasteiger partial charge in [0, 0.05) is 13.5 Å². The van der Waals surface area contributed by atoms with Crippen molar-refractivity contribution in [3.8, 4) is 17.1 Å². The number of amides is 1. The van der Waals surface area contributed by atoms with Crippen molar-refractivity contribution < 1.29 is 37.3 Å². The van der Waals surface area contributed by atoms with E-state index in [4.69, 9.17) is 9.47 Å². The molecule has 1 saturated carbocycles. The molecule has 1 aliphatic rings. The molecule has 2 aromatic heterocycles. The fraction of sp³-hybridized carbons (Fsp3) is 0.609. The van der Waals surface area contributed by atoms with Crippen molar-refractivity contribution in [3.05, 3.63) is 23.5 Å². The van der Waals surface area contributed by atoms with Crippen molar-refractivity contribution in [2.75, 3.05) is 6.61 Å². The number of aliphatic carboxylic acids is 1. The molecule has 198 valence electrons. The van der Waals surface area contributed by atoms with Gasteiger partial charge in [0.2, 0.25) is 0 Å². The van der Waals surface area contributed by atoms with E-state index >= 15 is 0 Å². The number of carbonyl (C=O) groups is 2. The number of pyridine rings is 1. The van der Waals surface area contributed by atoms with Crippen LogP contribution in [0.3, 0.4) is 0 Å². The lowest BCUT2D eigenvalue weighted by Gasteiger charge is -2.27. The van der Waals surface area contributed by atoms with Gasteiger partial charge in [0.1, 0.15) is 11.4 Å². The quantitative estimate of drug-likeness (QED) is 0.515. The van der Waals surface area contributed by atoms with Gasteiger partial charge in [-0.2, -0.15) is 13.2 Å². The Bertz CT molecular complexity index is 1070. The summed E-state index contributed by atoms with van der Waals surface area (Å²) >= 11 is 0. The van der Waals surface area contributed by atoms with Gasteiger partial charge in [0.05, 0.1) is 42.3 Å². The minimum Gasteiger partial charge on any atom is -0.489 e. The molecule has 1 unspecified atom stereocenters. The van der Waals surface area contributed by atoms with Crippen molar-refractivity contribution in [2.45, 2.75) is 64.8 Å². The van der Waals surface area contributed by atoms with E-state index in [1.807, 2.05) is 0 Å². The Balaban J connectivity index is 1.61. The van der Waals surface area contributed by atoms with Gasteiger partial charge in [0.25, 0.3) is 0 Å². The standard InChI is InChI=1S/C23H30F3N5O5/c1-13(10-23(24,25)26)12-35-22(34)27-11-18-20(29-30-31(18)3)17-7-8-19(14(2)28-17)36-16-6-4-5-15(9-16)21(32)33/h7-8,13,15-16H,4-6,9-12H2,1-3H3,(H,27,34)(H,32,33)/t13?,15-,16-/m0/s1. The highest BCUT2D eigenvalue weighted by molar-refractivity contribution is 5.70. The molecule has 0 radical (unpaired) electrons. The summed E-state index contributed by atoms with van der Waals surface area (Å²) in [4.78, 5) is 27.8. The number of hydrogen-bond acceptors (Lipinski definition) is 7. The largest absolute Gasteiger partial charge is 0.489 e. The molecular formula is C23H30F3N5O5. The van der Waals surface area contributed by atoms with E-state index < -0.39 is 36.5 Å². The minimum atomic E-state index is -4.32. The Morgan fingerprint density at radius 3 is 2.72 bits per heavy atom. The zero-order chi connectivity index (χ0) is 26.5. The highest BCUT2D eigenvalue weighted by Crippen LogP contribution is 2.30. The molecule has 1 aliphatic carbocycles. The van der Waals surface area contributed by atoms with Gasteiger partial charge >= 0.3 is 18.2 Å². The number of carboxylic acid groups (broad SMARTS) is 1. The molecule has 3 atom stereocenters. The van der Waals surface area contributed by atoms with Crippen LogP contribution in [0.15, 0.2) is 12.1 Å². The van der Waals surface area contributed by atoms with Crippen LogP contribution in [-0.4, -0.2) is 56.0 Å². The SMILES string of the molecule is Cc1nc(-c2nnn(C)c2CNC(=O)OCC(C)CC(F)(F)F)ccc1O[C@H]1CCC[C@H](C(=O)O)C1. The zero-order valence-corrected chi connectivity index (χ0v) is 20.3. The summed E-state index contributed by atoms with van der Waals surface area (Å²) in [5.74, 6) is -1.53. The topological polar surface area (TPSA) is 128 Å². The maximum Gasteiger partial charge on any atom is 0.407 e. The van der Waals surface area contributed by atoms with Crippen molar-refractivity contribution in [3.63, 3.8) is 0 Å². The first-order valence-electron chi connectivity index (χ1n) is 11.7. The molecule has 3 rings (SSSR count). The maximum absolute atomic E-state index is 12.4. The van der Waals surface area contributed by atoms with Crippen LogP contribution in [-0.2, 0) is 23.1 Å². The zero-order valence-electron chi connectivity index (χ0n) is 20.3. The first kappa shape index (κ1) is 27.2. The Morgan fingerprint density at radius 2 is 2.06 bits per heavy atom. The Morgan fingerprint density at radius 1 is 1.31 bits per heavy atom. The van der Waals surface area contributed by atoms with Crippen LogP contribution in [0, 0.1) is 18.8 Å². The summed E-state index contributed by atoms with van der Waals surface area (Å²) in [6, 6.07) is 3.44. The van der Waals surface area contributed by atoms with Crippen molar-refractivity contribution in [2.24, 2.45) is 18.9 Å². The first-order valence-corrected chi connectivity index (χ1v) is 11.7. The van der Waals surface area contributed by atoms with E-state index in [1.165, 1.54) is 11.6 Å². The molecule has 36 heavy (non-hydrogen) atoms. The molecule has 13 heteroatoms. The lowest BCUT2D eigenvalue weighted by Crippen LogP contribution is -2.29. The third-order valence-corrected chi connectivity index (χ3v) is 5.97. The first-order chi connectivity index (χ1) is 16.9. The van der Waals surface area contributed by atoms with E-state index in [0.29, 0.717) is 41.4 Å². The molecule has 2 aromatic rings. The normalized spacial score (nSPS) is 18.9. The van der Waals surface area contributed by atoms with Crippen LogP contribution >= 0.6 is 0 Å². The van der Waals surface area contributed by atoms with Crippen molar-refractivity contribution in [1.29, 1.82) is 0 Å². The average Bonchev–Trinajstić information content (AvgIpc) is 3.17. The Hall–Kier alpha value is -3.38. The molecule has 0 spiro atoms. The average molecular weight is 514 g/mol. The second-order valence-corrected chi connectivity index (χ2v) is 9.11. The van der Waals surface area contributed by atoms with Gasteiger partial charge in [-0.25, -0.2) is 14.5 Å². The molecule has 0 aliphatic heterocycles. The lowest BCUT2D eigenvalue weighted by atomic mass is 9.87. The molecule has 0 aromatic carbocycles.